The van der Waals surface area contributed by atoms with E-state index in [1.54, 1.807) is 0 Å². The van der Waals surface area contributed by atoms with Crippen LogP contribution in [0.2, 0.25) is 0 Å². The molecular weight excluding hydrogens is 572 g/mol. The molecule has 0 aliphatic carbocycles. The summed E-state index contributed by atoms with van der Waals surface area (Å²) < 4.78 is 10.3. The number of hydrogen-bond acceptors (Lipinski definition) is 5. The van der Waals surface area contributed by atoms with Gasteiger partial charge in [0, 0.05) is 12.8 Å². The van der Waals surface area contributed by atoms with Gasteiger partial charge in [-0.15, -0.1) is 0 Å². The minimum absolute atomic E-state index is 0.111. The van der Waals surface area contributed by atoms with Gasteiger partial charge in [0.15, 0.2) is 0 Å². The quantitative estimate of drug-likeness (QED) is 0.0411. The topological polar surface area (TPSA) is 72.8 Å². The van der Waals surface area contributed by atoms with Gasteiger partial charge in [-0.3, -0.25) is 9.59 Å². The molecule has 0 aromatic rings. The van der Waals surface area contributed by atoms with E-state index in [4.69, 9.17) is 9.47 Å². The minimum atomic E-state index is -0.959. The summed E-state index contributed by atoms with van der Waals surface area (Å²) in [7, 11) is 0. The summed E-state index contributed by atoms with van der Waals surface area (Å²) in [6.45, 7) is 4.31. The summed E-state index contributed by atoms with van der Waals surface area (Å²) in [6, 6.07) is 0. The van der Waals surface area contributed by atoms with Gasteiger partial charge in [-0.05, 0) is 38.5 Å². The van der Waals surface area contributed by atoms with Crippen molar-refractivity contribution < 1.29 is 24.2 Å². The second-order valence-electron chi connectivity index (χ2n) is 13.8. The number of aliphatic hydroxyl groups excluding tert-OH is 1. The monoisotopic (exact) mass is 651 g/mol. The number of allylic oxidation sites excluding steroid dienone is 2. The smallest absolute Gasteiger partial charge is 0.305 e. The number of carbonyl (C=O) groups is 2. The van der Waals surface area contributed by atoms with Gasteiger partial charge >= 0.3 is 11.9 Å². The number of rotatable bonds is 37. The van der Waals surface area contributed by atoms with Gasteiger partial charge in [-0.2, -0.15) is 0 Å². The zero-order valence-electron chi connectivity index (χ0n) is 30.9. The molecule has 0 bridgehead atoms. The summed E-state index contributed by atoms with van der Waals surface area (Å²) >= 11 is 0. The van der Waals surface area contributed by atoms with Gasteiger partial charge in [-0.1, -0.05) is 180 Å². The Hall–Kier alpha value is -1.36. The molecule has 0 heterocycles. The number of esters is 2. The van der Waals surface area contributed by atoms with Crippen molar-refractivity contribution in [2.45, 2.75) is 225 Å². The molecule has 0 radical (unpaired) electrons. The fraction of sp³-hybridized carbons (Fsp3) is 0.902. The van der Waals surface area contributed by atoms with E-state index in [1.807, 2.05) is 0 Å². The van der Waals surface area contributed by atoms with Crippen LogP contribution in [0.4, 0.5) is 0 Å². The van der Waals surface area contributed by atoms with Crippen LogP contribution in [0.5, 0.6) is 0 Å². The Morgan fingerprint density at radius 2 is 0.696 bits per heavy atom. The van der Waals surface area contributed by atoms with Crippen LogP contribution in [0, 0.1) is 0 Å². The third-order valence-corrected chi connectivity index (χ3v) is 9.00. The number of hydrogen-bond donors (Lipinski definition) is 1. The predicted molar refractivity (Wildman–Crippen MR) is 196 cm³/mol. The maximum absolute atomic E-state index is 12.0. The molecule has 0 aliphatic heterocycles. The van der Waals surface area contributed by atoms with Crippen LogP contribution < -0.4 is 0 Å². The molecule has 0 spiro atoms. The highest BCUT2D eigenvalue weighted by Gasteiger charge is 2.12. The van der Waals surface area contributed by atoms with E-state index in [-0.39, 0.29) is 25.2 Å². The molecule has 1 atom stereocenters. The molecule has 0 aromatic carbocycles. The van der Waals surface area contributed by atoms with Crippen LogP contribution in [0.15, 0.2) is 12.2 Å². The molecule has 46 heavy (non-hydrogen) atoms. The molecule has 5 heteroatoms. The zero-order valence-corrected chi connectivity index (χ0v) is 30.9. The summed E-state index contributed by atoms with van der Waals surface area (Å²) in [6.07, 6.45) is 42.6. The molecule has 5 nitrogen and oxygen atoms in total. The van der Waals surface area contributed by atoms with Crippen LogP contribution in [0.1, 0.15) is 219 Å². The lowest BCUT2D eigenvalue weighted by atomic mass is 10.0. The molecule has 0 unspecified atom stereocenters. The van der Waals surface area contributed by atoms with Gasteiger partial charge in [-0.25, -0.2) is 0 Å². The molecule has 0 amide bonds. The number of ether oxygens (including phenoxy) is 2. The van der Waals surface area contributed by atoms with Gasteiger partial charge in [0.2, 0.25) is 0 Å². The fourth-order valence-corrected chi connectivity index (χ4v) is 5.91. The number of unbranched alkanes of at least 4 members (excludes halogenated alkanes) is 27. The first-order chi connectivity index (χ1) is 22.6. The highest BCUT2D eigenvalue weighted by molar-refractivity contribution is 5.69. The Balaban J connectivity index is 3.40. The molecule has 0 fully saturated rings. The van der Waals surface area contributed by atoms with Crippen LogP contribution in [-0.2, 0) is 19.1 Å². The first-order valence-electron chi connectivity index (χ1n) is 20.2. The lowest BCUT2D eigenvalue weighted by molar-refractivity contribution is -0.152. The highest BCUT2D eigenvalue weighted by Crippen LogP contribution is 2.15. The zero-order chi connectivity index (χ0) is 33.6. The Bertz CT molecular complexity index is 661. The van der Waals surface area contributed by atoms with Crippen molar-refractivity contribution in [3.63, 3.8) is 0 Å². The number of aliphatic hydroxyl groups is 1. The maximum atomic E-state index is 12.0. The van der Waals surface area contributed by atoms with E-state index >= 15 is 0 Å². The average molecular weight is 651 g/mol. The van der Waals surface area contributed by atoms with Crippen molar-refractivity contribution in [2.24, 2.45) is 0 Å². The first-order valence-corrected chi connectivity index (χ1v) is 20.2. The van der Waals surface area contributed by atoms with E-state index in [2.05, 4.69) is 26.0 Å². The molecule has 272 valence electrons. The summed E-state index contributed by atoms with van der Waals surface area (Å²) in [5.41, 5.74) is 0. The third-order valence-electron chi connectivity index (χ3n) is 9.00. The van der Waals surface area contributed by atoms with E-state index in [9.17, 15) is 14.7 Å². The van der Waals surface area contributed by atoms with E-state index in [1.165, 1.54) is 161 Å². The molecule has 0 saturated heterocycles. The van der Waals surface area contributed by atoms with Crippen molar-refractivity contribution in [1.29, 1.82) is 0 Å². The summed E-state index contributed by atoms with van der Waals surface area (Å²) in [4.78, 5) is 23.9. The normalized spacial score (nSPS) is 12.2. The Morgan fingerprint density at radius 1 is 0.435 bits per heavy atom. The van der Waals surface area contributed by atoms with E-state index in [0.29, 0.717) is 12.8 Å². The van der Waals surface area contributed by atoms with Gasteiger partial charge in [0.1, 0.15) is 19.3 Å². The van der Waals surface area contributed by atoms with Crippen LogP contribution in [-0.4, -0.2) is 36.4 Å². The lowest BCUT2D eigenvalue weighted by Gasteiger charge is -2.12. The minimum Gasteiger partial charge on any atom is -0.463 e. The molecular formula is C41H78O5. The second-order valence-corrected chi connectivity index (χ2v) is 13.8. The number of carbonyl (C=O) groups excluding carboxylic acids is 2. The van der Waals surface area contributed by atoms with Crippen molar-refractivity contribution in [3.8, 4) is 0 Å². The van der Waals surface area contributed by atoms with Crippen molar-refractivity contribution in [2.75, 3.05) is 13.2 Å². The molecule has 1 N–H and O–H groups in total. The lowest BCUT2D eigenvalue weighted by Crippen LogP contribution is -2.25. The fourth-order valence-electron chi connectivity index (χ4n) is 5.91. The first kappa shape index (κ1) is 44.6. The van der Waals surface area contributed by atoms with Crippen LogP contribution in [0.3, 0.4) is 0 Å². The van der Waals surface area contributed by atoms with Gasteiger partial charge in [0.05, 0.1) is 0 Å². The van der Waals surface area contributed by atoms with Crippen LogP contribution >= 0.6 is 0 Å². The SMILES string of the molecule is CCCCCCCC/C=C\CCCCCCCCCC(=O)OC[C@H](O)COC(=O)CCCCCCCCCCCCCCCCC. The van der Waals surface area contributed by atoms with Gasteiger partial charge < -0.3 is 14.6 Å². The molecule has 0 aromatic heterocycles. The van der Waals surface area contributed by atoms with Crippen molar-refractivity contribution in [3.05, 3.63) is 12.2 Å². The highest BCUT2D eigenvalue weighted by atomic mass is 16.6. The predicted octanol–water partition coefficient (Wildman–Crippen LogP) is 12.5. The Kier molecular flexibility index (Phi) is 37.0. The second kappa shape index (κ2) is 38.1. The largest absolute Gasteiger partial charge is 0.463 e. The third kappa shape index (κ3) is 37.1. The van der Waals surface area contributed by atoms with Crippen molar-refractivity contribution >= 4 is 11.9 Å². The van der Waals surface area contributed by atoms with Gasteiger partial charge in [0.25, 0.3) is 0 Å². The van der Waals surface area contributed by atoms with E-state index < -0.39 is 6.10 Å². The van der Waals surface area contributed by atoms with Crippen LogP contribution in [0.25, 0.3) is 0 Å². The summed E-state index contributed by atoms with van der Waals surface area (Å²) in [5, 5.41) is 10.0. The van der Waals surface area contributed by atoms with E-state index in [0.717, 1.165) is 32.1 Å². The molecule has 0 aliphatic rings. The van der Waals surface area contributed by atoms with Crippen molar-refractivity contribution in [1.82, 2.24) is 0 Å². The average Bonchev–Trinajstić information content (AvgIpc) is 3.06. The molecule has 0 saturated carbocycles. The molecule has 0 rings (SSSR count). The summed E-state index contributed by atoms with van der Waals surface area (Å²) in [5.74, 6) is -0.559. The standard InChI is InChI=1S/C41H78O5/c1-3-5-7-9-11-13-15-17-19-20-22-24-26-28-30-32-34-36-41(44)46-38-39(42)37-45-40(43)35-33-31-29-27-25-23-21-18-16-14-12-10-8-6-4-2/h17,19,39,42H,3-16,18,20-38H2,1-2H3/b19-17-/t39-/m1/s1. The maximum Gasteiger partial charge on any atom is 0.305 e. The Morgan fingerprint density at radius 3 is 1.00 bits per heavy atom. The Labute approximate surface area is 286 Å².